The Hall–Kier alpha value is -2.41. The summed E-state index contributed by atoms with van der Waals surface area (Å²) in [5.74, 6) is 1.34. The minimum Gasteiger partial charge on any atom is -0.494 e. The van der Waals surface area contributed by atoms with Gasteiger partial charge in [0.15, 0.2) is 0 Å². The summed E-state index contributed by atoms with van der Waals surface area (Å²) in [5, 5.41) is 3.32. The number of nitrogens with one attached hydrogen (secondary N) is 1. The number of aromatic nitrogens is 2. The van der Waals surface area contributed by atoms with E-state index < -0.39 is 5.60 Å². The number of benzene rings is 1. The average molecular weight is 389 g/mol. The van der Waals surface area contributed by atoms with E-state index in [1.54, 1.807) is 0 Å². The number of carbonyl (C=O) groups excluding carboxylic acids is 1. The molecule has 28 heavy (non-hydrogen) atoms. The van der Waals surface area contributed by atoms with E-state index in [0.717, 1.165) is 48.3 Å². The van der Waals surface area contributed by atoms with Gasteiger partial charge >= 0.3 is 5.97 Å². The van der Waals surface area contributed by atoms with Gasteiger partial charge in [-0.05, 0) is 52.7 Å². The molecule has 0 radical (unpaired) electrons. The van der Waals surface area contributed by atoms with Crippen LogP contribution in [0.3, 0.4) is 0 Å². The molecule has 0 amide bonds. The van der Waals surface area contributed by atoms with Crippen LogP contribution in [0.1, 0.15) is 59.1 Å². The number of rotatable bonds is 10. The highest BCUT2D eigenvalue weighted by Crippen LogP contribution is 2.22. The molecule has 0 bridgehead atoms. The Kier molecular flexibility index (Phi) is 7.99. The van der Waals surface area contributed by atoms with Crippen molar-refractivity contribution in [1.82, 2.24) is 9.97 Å². The van der Waals surface area contributed by atoms with Gasteiger partial charge in [-0.15, -0.1) is 0 Å². The van der Waals surface area contributed by atoms with Gasteiger partial charge in [0.2, 0.25) is 0 Å². The van der Waals surface area contributed by atoms with E-state index in [0.29, 0.717) is 25.4 Å². The molecule has 0 aliphatic heterocycles. The second-order valence-corrected chi connectivity index (χ2v) is 7.63. The van der Waals surface area contributed by atoms with Crippen LogP contribution in [-0.2, 0) is 16.1 Å². The molecule has 7 nitrogen and oxygen atoms in total. The Morgan fingerprint density at radius 1 is 1.14 bits per heavy atom. The van der Waals surface area contributed by atoms with E-state index >= 15 is 0 Å². The van der Waals surface area contributed by atoms with Crippen molar-refractivity contribution in [3.05, 3.63) is 23.9 Å². The molecule has 0 saturated carbocycles. The van der Waals surface area contributed by atoms with Crippen molar-refractivity contribution < 1.29 is 14.3 Å². The molecule has 0 unspecified atom stereocenters. The molecular weight excluding hydrogens is 356 g/mol. The zero-order chi connectivity index (χ0) is 20.6. The topological polar surface area (TPSA) is 99.4 Å². The fourth-order valence-corrected chi connectivity index (χ4v) is 2.78. The summed E-state index contributed by atoms with van der Waals surface area (Å²) in [6.45, 7) is 9.25. The number of esters is 1. The number of ether oxygens (including phenoxy) is 2. The van der Waals surface area contributed by atoms with Gasteiger partial charge in [0.1, 0.15) is 17.2 Å². The van der Waals surface area contributed by atoms with Gasteiger partial charge in [0.25, 0.3) is 0 Å². The molecule has 0 spiro atoms. The van der Waals surface area contributed by atoms with E-state index in [1.165, 1.54) is 0 Å². The Bertz CT molecular complexity index is 787. The molecule has 0 aliphatic rings. The molecule has 1 aromatic heterocycles. The van der Waals surface area contributed by atoms with Gasteiger partial charge < -0.3 is 20.5 Å². The van der Waals surface area contributed by atoms with Crippen LogP contribution in [0.15, 0.2) is 18.2 Å². The molecule has 0 aliphatic carbocycles. The standard InChI is InChI=1S/C21H32N4O3/c1-5-27-15-10-11-16-17(13-15)25-20(18(14-22)24-16)23-12-8-6-7-9-19(26)28-21(2,3)4/h10-11,13H,5-9,12,14,22H2,1-4H3,(H,23,25). The van der Waals surface area contributed by atoms with Crippen LogP contribution in [-0.4, -0.2) is 34.7 Å². The number of hydrogen-bond donors (Lipinski definition) is 2. The summed E-state index contributed by atoms with van der Waals surface area (Å²) in [6.07, 6.45) is 3.11. The van der Waals surface area contributed by atoms with E-state index in [1.807, 2.05) is 45.9 Å². The molecule has 1 aromatic carbocycles. The van der Waals surface area contributed by atoms with E-state index in [9.17, 15) is 4.79 Å². The Balaban J connectivity index is 1.86. The first-order valence-electron chi connectivity index (χ1n) is 9.91. The normalized spacial score (nSPS) is 11.5. The number of nitrogens with two attached hydrogens (primary N) is 1. The Labute approximate surface area is 167 Å². The quantitative estimate of drug-likeness (QED) is 0.472. The van der Waals surface area contributed by atoms with Gasteiger partial charge in [0.05, 0.1) is 23.3 Å². The van der Waals surface area contributed by atoms with Crippen LogP contribution >= 0.6 is 0 Å². The maximum absolute atomic E-state index is 11.7. The molecule has 0 atom stereocenters. The lowest BCUT2D eigenvalue weighted by Crippen LogP contribution is -2.23. The van der Waals surface area contributed by atoms with Crippen LogP contribution in [0, 0.1) is 0 Å². The van der Waals surface area contributed by atoms with E-state index in [-0.39, 0.29) is 5.97 Å². The van der Waals surface area contributed by atoms with E-state index in [4.69, 9.17) is 15.2 Å². The summed E-state index contributed by atoms with van der Waals surface area (Å²) < 4.78 is 10.8. The molecule has 2 aromatic rings. The van der Waals surface area contributed by atoms with Crippen molar-refractivity contribution in [1.29, 1.82) is 0 Å². The Morgan fingerprint density at radius 2 is 1.93 bits per heavy atom. The molecule has 0 saturated heterocycles. The first kappa shape index (κ1) is 21.9. The maximum atomic E-state index is 11.7. The molecule has 154 valence electrons. The minimum atomic E-state index is -0.423. The largest absolute Gasteiger partial charge is 0.494 e. The highest BCUT2D eigenvalue weighted by atomic mass is 16.6. The zero-order valence-corrected chi connectivity index (χ0v) is 17.4. The van der Waals surface area contributed by atoms with Crippen LogP contribution < -0.4 is 15.8 Å². The molecule has 0 fully saturated rings. The van der Waals surface area contributed by atoms with Gasteiger partial charge in [0, 0.05) is 25.6 Å². The molecular formula is C21H32N4O3. The van der Waals surface area contributed by atoms with E-state index in [2.05, 4.69) is 15.3 Å². The molecule has 2 rings (SSSR count). The summed E-state index contributed by atoms with van der Waals surface area (Å²) >= 11 is 0. The fraction of sp³-hybridized carbons (Fsp3) is 0.571. The number of fused-ring (bicyclic) bond motifs is 1. The maximum Gasteiger partial charge on any atom is 0.306 e. The zero-order valence-electron chi connectivity index (χ0n) is 17.4. The lowest BCUT2D eigenvalue weighted by atomic mass is 10.1. The highest BCUT2D eigenvalue weighted by molar-refractivity contribution is 5.78. The predicted octanol–water partition coefficient (Wildman–Crippen LogP) is 3.80. The van der Waals surface area contributed by atoms with Crippen LogP contribution in [0.2, 0.25) is 0 Å². The smallest absolute Gasteiger partial charge is 0.306 e. The number of nitrogens with zero attached hydrogens (tertiary/aromatic N) is 2. The number of hydrogen-bond acceptors (Lipinski definition) is 7. The lowest BCUT2D eigenvalue weighted by Gasteiger charge is -2.19. The monoisotopic (exact) mass is 388 g/mol. The first-order chi connectivity index (χ1) is 13.3. The first-order valence-corrected chi connectivity index (χ1v) is 9.91. The van der Waals surface area contributed by atoms with Crippen molar-refractivity contribution in [2.75, 3.05) is 18.5 Å². The number of carbonyl (C=O) groups is 1. The van der Waals surface area contributed by atoms with Gasteiger partial charge in [-0.2, -0.15) is 0 Å². The molecule has 1 heterocycles. The third-order valence-corrected chi connectivity index (χ3v) is 3.98. The number of unbranched alkanes of at least 4 members (excludes halogenated alkanes) is 2. The second-order valence-electron chi connectivity index (χ2n) is 7.63. The number of anilines is 1. The third kappa shape index (κ3) is 6.96. The van der Waals surface area contributed by atoms with Gasteiger partial charge in [-0.1, -0.05) is 6.42 Å². The fourth-order valence-electron chi connectivity index (χ4n) is 2.78. The lowest BCUT2D eigenvalue weighted by molar-refractivity contribution is -0.154. The predicted molar refractivity (Wildman–Crippen MR) is 111 cm³/mol. The molecule has 7 heteroatoms. The van der Waals surface area contributed by atoms with Crippen molar-refractivity contribution >= 4 is 22.8 Å². The SMILES string of the molecule is CCOc1ccc2nc(CN)c(NCCCCCC(=O)OC(C)(C)C)nc2c1. The molecule has 3 N–H and O–H groups in total. The third-order valence-electron chi connectivity index (χ3n) is 3.98. The van der Waals surface area contributed by atoms with Gasteiger partial charge in [-0.25, -0.2) is 9.97 Å². The van der Waals surface area contributed by atoms with Crippen molar-refractivity contribution in [3.63, 3.8) is 0 Å². The van der Waals surface area contributed by atoms with Crippen LogP contribution in [0.4, 0.5) is 5.82 Å². The van der Waals surface area contributed by atoms with Crippen LogP contribution in [0.5, 0.6) is 5.75 Å². The summed E-state index contributed by atoms with van der Waals surface area (Å²) in [4.78, 5) is 21.0. The second kappa shape index (κ2) is 10.2. The van der Waals surface area contributed by atoms with Crippen molar-refractivity contribution in [2.45, 2.75) is 65.5 Å². The van der Waals surface area contributed by atoms with Crippen LogP contribution in [0.25, 0.3) is 11.0 Å². The van der Waals surface area contributed by atoms with Crippen molar-refractivity contribution in [3.8, 4) is 5.75 Å². The van der Waals surface area contributed by atoms with Gasteiger partial charge in [-0.3, -0.25) is 4.79 Å². The summed E-state index contributed by atoms with van der Waals surface area (Å²) in [7, 11) is 0. The minimum absolute atomic E-state index is 0.142. The highest BCUT2D eigenvalue weighted by Gasteiger charge is 2.15. The Morgan fingerprint density at radius 3 is 2.61 bits per heavy atom. The summed E-state index contributed by atoms with van der Waals surface area (Å²) in [5.41, 5.74) is 7.73. The summed E-state index contributed by atoms with van der Waals surface area (Å²) in [6, 6.07) is 5.67. The van der Waals surface area contributed by atoms with Crippen molar-refractivity contribution in [2.24, 2.45) is 5.73 Å². The average Bonchev–Trinajstić information content (AvgIpc) is 2.62.